The molecular weight excluding hydrogens is 230 g/mol. The Balaban J connectivity index is 3.14. The van der Waals surface area contributed by atoms with Gasteiger partial charge >= 0.3 is 5.97 Å². The molecule has 0 aliphatic rings. The smallest absolute Gasteiger partial charge is 0.379 e. The summed E-state index contributed by atoms with van der Waals surface area (Å²) in [5.41, 5.74) is -0.443. The van der Waals surface area contributed by atoms with Gasteiger partial charge in [0.2, 0.25) is 0 Å². The van der Waals surface area contributed by atoms with Gasteiger partial charge in [0.05, 0.1) is 6.61 Å². The highest BCUT2D eigenvalue weighted by molar-refractivity contribution is 6.40. The Morgan fingerprint density at radius 3 is 2.12 bits per heavy atom. The number of rotatable bonds is 4. The number of hydrogen-bond acceptors (Lipinski definition) is 3. The predicted octanol–water partition coefficient (Wildman–Crippen LogP) is 2.27. The van der Waals surface area contributed by atoms with Crippen molar-refractivity contribution in [3.8, 4) is 0 Å². The van der Waals surface area contributed by atoms with Gasteiger partial charge in [0.15, 0.2) is 0 Å². The normalized spacial score (nSPS) is 10.1. The van der Waals surface area contributed by atoms with E-state index in [0.29, 0.717) is 12.0 Å². The van der Waals surface area contributed by atoms with Crippen LogP contribution >= 0.6 is 0 Å². The van der Waals surface area contributed by atoms with Crippen LogP contribution in [0.25, 0.3) is 0 Å². The summed E-state index contributed by atoms with van der Waals surface area (Å²) in [5.74, 6) is -4.64. The summed E-state index contributed by atoms with van der Waals surface area (Å²) < 4.78 is 31.4. The van der Waals surface area contributed by atoms with Crippen molar-refractivity contribution >= 4 is 11.8 Å². The second-order valence-corrected chi connectivity index (χ2v) is 3.34. The van der Waals surface area contributed by atoms with Crippen molar-refractivity contribution in [1.29, 1.82) is 0 Å². The van der Waals surface area contributed by atoms with Crippen molar-refractivity contribution in [2.45, 2.75) is 20.3 Å². The molecule has 92 valence electrons. The van der Waals surface area contributed by atoms with E-state index in [2.05, 4.69) is 4.74 Å². The third kappa shape index (κ3) is 2.87. The van der Waals surface area contributed by atoms with Crippen LogP contribution in [0.5, 0.6) is 0 Å². The lowest BCUT2D eigenvalue weighted by Crippen LogP contribution is -2.20. The number of ketones is 1. The molecule has 0 radical (unpaired) electrons. The van der Waals surface area contributed by atoms with Crippen LogP contribution in [0.2, 0.25) is 0 Å². The standard InChI is InChI=1S/C12H12F2O3/c1-3-7-5-8(13)10(9(14)6-7)11(15)12(16)17-4-2/h5-6H,3-4H2,1-2H3. The monoisotopic (exact) mass is 242 g/mol. The van der Waals surface area contributed by atoms with Crippen LogP contribution in [0.3, 0.4) is 0 Å². The summed E-state index contributed by atoms with van der Waals surface area (Å²) in [6.07, 6.45) is 0.432. The Bertz CT molecular complexity index is 432. The molecule has 3 nitrogen and oxygen atoms in total. The van der Waals surface area contributed by atoms with Crippen LogP contribution in [0.1, 0.15) is 29.8 Å². The Hall–Kier alpha value is -1.78. The van der Waals surface area contributed by atoms with Crippen LogP contribution in [0, 0.1) is 11.6 Å². The Morgan fingerprint density at radius 2 is 1.71 bits per heavy atom. The van der Waals surface area contributed by atoms with E-state index in [-0.39, 0.29) is 6.61 Å². The van der Waals surface area contributed by atoms with Gasteiger partial charge in [0.25, 0.3) is 5.78 Å². The number of carbonyl (C=O) groups excluding carboxylic acids is 2. The fourth-order valence-electron chi connectivity index (χ4n) is 1.35. The van der Waals surface area contributed by atoms with Crippen molar-refractivity contribution in [2.24, 2.45) is 0 Å². The Kier molecular flexibility index (Phi) is 4.31. The van der Waals surface area contributed by atoms with Gasteiger partial charge < -0.3 is 4.74 Å². The topological polar surface area (TPSA) is 43.4 Å². The number of carbonyl (C=O) groups is 2. The minimum absolute atomic E-state index is 0.0269. The molecule has 0 heterocycles. The maximum Gasteiger partial charge on any atom is 0.379 e. The molecule has 0 N–H and O–H groups in total. The number of aryl methyl sites for hydroxylation is 1. The number of hydrogen-bond donors (Lipinski definition) is 0. The number of esters is 1. The third-order valence-electron chi connectivity index (χ3n) is 2.20. The van der Waals surface area contributed by atoms with E-state index in [4.69, 9.17) is 0 Å². The first-order valence-corrected chi connectivity index (χ1v) is 5.20. The highest BCUT2D eigenvalue weighted by Gasteiger charge is 2.25. The zero-order chi connectivity index (χ0) is 13.0. The molecule has 1 aromatic carbocycles. The maximum absolute atomic E-state index is 13.5. The zero-order valence-corrected chi connectivity index (χ0v) is 9.55. The molecule has 1 rings (SSSR count). The second kappa shape index (κ2) is 5.52. The summed E-state index contributed by atoms with van der Waals surface area (Å²) in [4.78, 5) is 22.5. The quantitative estimate of drug-likeness (QED) is 0.462. The van der Waals surface area contributed by atoms with E-state index in [1.54, 1.807) is 6.92 Å². The Labute approximate surface area is 97.4 Å². The van der Waals surface area contributed by atoms with Crippen LogP contribution < -0.4 is 0 Å². The summed E-state index contributed by atoms with van der Waals surface area (Å²) in [7, 11) is 0. The lowest BCUT2D eigenvalue weighted by Gasteiger charge is -2.05. The first-order chi connectivity index (χ1) is 8.01. The van der Waals surface area contributed by atoms with Gasteiger partial charge in [-0.15, -0.1) is 0 Å². The highest BCUT2D eigenvalue weighted by Crippen LogP contribution is 2.17. The fraction of sp³-hybridized carbons (Fsp3) is 0.333. The van der Waals surface area contributed by atoms with Gasteiger partial charge in [0, 0.05) is 0 Å². The number of benzene rings is 1. The second-order valence-electron chi connectivity index (χ2n) is 3.34. The SMILES string of the molecule is CCOC(=O)C(=O)c1c(F)cc(CC)cc1F. The molecular formula is C12H12F2O3. The molecule has 5 heteroatoms. The molecule has 0 bridgehead atoms. The molecule has 0 saturated carbocycles. The van der Waals surface area contributed by atoms with E-state index in [0.717, 1.165) is 12.1 Å². The molecule has 1 aromatic rings. The molecule has 0 atom stereocenters. The molecule has 0 spiro atoms. The van der Waals surface area contributed by atoms with E-state index in [1.165, 1.54) is 6.92 Å². The van der Waals surface area contributed by atoms with Gasteiger partial charge in [0.1, 0.15) is 17.2 Å². The van der Waals surface area contributed by atoms with Gasteiger partial charge in [-0.2, -0.15) is 0 Å². The number of ether oxygens (including phenoxy) is 1. The molecule has 0 unspecified atom stereocenters. The van der Waals surface area contributed by atoms with Gasteiger partial charge in [-0.3, -0.25) is 4.79 Å². The van der Waals surface area contributed by atoms with Crippen LogP contribution in [0.15, 0.2) is 12.1 Å². The van der Waals surface area contributed by atoms with E-state index < -0.39 is 29.0 Å². The molecule has 0 saturated heterocycles. The summed E-state index contributed by atoms with van der Waals surface area (Å²) in [6.45, 7) is 3.19. The van der Waals surface area contributed by atoms with E-state index in [9.17, 15) is 18.4 Å². The molecule has 0 aliphatic heterocycles. The van der Waals surface area contributed by atoms with Crippen LogP contribution in [-0.2, 0) is 16.0 Å². The van der Waals surface area contributed by atoms with E-state index >= 15 is 0 Å². The van der Waals surface area contributed by atoms with Crippen molar-refractivity contribution < 1.29 is 23.1 Å². The van der Waals surface area contributed by atoms with Crippen molar-refractivity contribution in [2.75, 3.05) is 6.61 Å². The van der Waals surface area contributed by atoms with Crippen molar-refractivity contribution in [3.63, 3.8) is 0 Å². The largest absolute Gasteiger partial charge is 0.460 e. The Morgan fingerprint density at radius 1 is 1.18 bits per heavy atom. The van der Waals surface area contributed by atoms with Gasteiger partial charge in [-0.25, -0.2) is 13.6 Å². The lowest BCUT2D eigenvalue weighted by atomic mass is 10.0. The fourth-order valence-corrected chi connectivity index (χ4v) is 1.35. The summed E-state index contributed by atoms with van der Waals surface area (Å²) in [6, 6.07) is 2.07. The highest BCUT2D eigenvalue weighted by atomic mass is 19.1. The average molecular weight is 242 g/mol. The predicted molar refractivity (Wildman–Crippen MR) is 56.7 cm³/mol. The van der Waals surface area contributed by atoms with Crippen LogP contribution in [-0.4, -0.2) is 18.4 Å². The first-order valence-electron chi connectivity index (χ1n) is 5.20. The van der Waals surface area contributed by atoms with Gasteiger partial charge in [-0.1, -0.05) is 6.92 Å². The minimum atomic E-state index is -1.30. The van der Waals surface area contributed by atoms with Gasteiger partial charge in [-0.05, 0) is 31.0 Å². The number of Topliss-reactive ketones (excluding diaryl/α,β-unsaturated/α-hetero) is 1. The van der Waals surface area contributed by atoms with Crippen molar-refractivity contribution in [3.05, 3.63) is 34.9 Å². The minimum Gasteiger partial charge on any atom is -0.460 e. The molecule has 17 heavy (non-hydrogen) atoms. The molecule has 0 aliphatic carbocycles. The summed E-state index contributed by atoms with van der Waals surface area (Å²) >= 11 is 0. The lowest BCUT2D eigenvalue weighted by molar-refractivity contribution is -0.137. The van der Waals surface area contributed by atoms with Crippen molar-refractivity contribution in [1.82, 2.24) is 0 Å². The molecule has 0 aromatic heterocycles. The third-order valence-corrected chi connectivity index (χ3v) is 2.20. The van der Waals surface area contributed by atoms with Crippen LogP contribution in [0.4, 0.5) is 8.78 Å². The average Bonchev–Trinajstić information content (AvgIpc) is 2.28. The molecule has 0 amide bonds. The number of halogens is 2. The zero-order valence-electron chi connectivity index (χ0n) is 9.55. The summed E-state index contributed by atoms with van der Waals surface area (Å²) in [5, 5.41) is 0. The van der Waals surface area contributed by atoms with E-state index in [1.807, 2.05) is 0 Å². The maximum atomic E-state index is 13.5. The first kappa shape index (κ1) is 13.3. The molecule has 0 fully saturated rings.